The predicted octanol–water partition coefficient (Wildman–Crippen LogP) is 0.154. The summed E-state index contributed by atoms with van der Waals surface area (Å²) in [6, 6.07) is 2.58. The van der Waals surface area contributed by atoms with E-state index in [1.54, 1.807) is 6.92 Å². The van der Waals surface area contributed by atoms with Gasteiger partial charge in [-0.2, -0.15) is 0 Å². The number of carbonyl (C=O) groups excluding carboxylic acids is 1. The van der Waals surface area contributed by atoms with Gasteiger partial charge in [-0.25, -0.2) is 23.5 Å². The SMILES string of the molecule is Cc1oc2ncn(C)c(=O)c2c1C(=O)N(C)c1ccc(S(N)(=O)=O)nc1. The molecule has 136 valence electrons. The van der Waals surface area contributed by atoms with Crippen LogP contribution in [0.1, 0.15) is 16.1 Å². The number of aryl methyl sites for hydroxylation is 2. The molecule has 0 radical (unpaired) electrons. The fourth-order valence-electron chi connectivity index (χ4n) is 2.47. The molecule has 10 nitrogen and oxygen atoms in total. The first-order valence-electron chi connectivity index (χ1n) is 7.33. The van der Waals surface area contributed by atoms with E-state index in [9.17, 15) is 18.0 Å². The quantitative estimate of drug-likeness (QED) is 0.685. The van der Waals surface area contributed by atoms with E-state index in [1.807, 2.05) is 0 Å². The highest BCUT2D eigenvalue weighted by Gasteiger charge is 2.26. The molecule has 0 saturated heterocycles. The Kier molecular flexibility index (Phi) is 4.12. The summed E-state index contributed by atoms with van der Waals surface area (Å²) >= 11 is 0. The summed E-state index contributed by atoms with van der Waals surface area (Å²) in [6.45, 7) is 1.56. The van der Waals surface area contributed by atoms with Crippen LogP contribution in [-0.2, 0) is 17.1 Å². The Bertz CT molecular complexity index is 1180. The monoisotopic (exact) mass is 377 g/mol. The van der Waals surface area contributed by atoms with Crippen LogP contribution >= 0.6 is 0 Å². The van der Waals surface area contributed by atoms with E-state index in [0.29, 0.717) is 5.69 Å². The minimum absolute atomic E-state index is 0.0741. The number of nitrogens with two attached hydrogens (primary N) is 1. The number of carbonyl (C=O) groups is 1. The van der Waals surface area contributed by atoms with Crippen LogP contribution in [0.5, 0.6) is 0 Å². The molecule has 3 rings (SSSR count). The highest BCUT2D eigenvalue weighted by molar-refractivity contribution is 7.89. The third-order valence-corrected chi connectivity index (χ3v) is 4.69. The standard InChI is InChI=1S/C15H15N5O5S/c1-8-11(12-13(25-8)18-7-19(2)14(12)21)15(22)20(3)9-4-5-10(17-6-9)26(16,23)24/h4-7H,1-3H3,(H2,16,23,24). The Balaban J connectivity index is 2.07. The Morgan fingerprint density at radius 2 is 2.00 bits per heavy atom. The average Bonchev–Trinajstić information content (AvgIpc) is 2.93. The van der Waals surface area contributed by atoms with E-state index in [-0.39, 0.29) is 27.4 Å². The zero-order chi connectivity index (χ0) is 19.2. The fourth-order valence-corrected chi connectivity index (χ4v) is 2.93. The molecule has 0 atom stereocenters. The fraction of sp³-hybridized carbons (Fsp3) is 0.200. The van der Waals surface area contributed by atoms with Crippen LogP contribution in [-0.4, -0.2) is 35.9 Å². The molecule has 2 N–H and O–H groups in total. The summed E-state index contributed by atoms with van der Waals surface area (Å²) in [5.41, 5.74) is 0.0694. The molecule has 26 heavy (non-hydrogen) atoms. The molecule has 0 aliphatic rings. The van der Waals surface area contributed by atoms with Crippen molar-refractivity contribution in [3.63, 3.8) is 0 Å². The minimum Gasteiger partial charge on any atom is -0.442 e. The van der Waals surface area contributed by atoms with Gasteiger partial charge < -0.3 is 13.9 Å². The Labute approximate surface area is 147 Å². The van der Waals surface area contributed by atoms with Gasteiger partial charge in [0.1, 0.15) is 17.5 Å². The highest BCUT2D eigenvalue weighted by atomic mass is 32.2. The molecule has 0 aliphatic carbocycles. The summed E-state index contributed by atoms with van der Waals surface area (Å²) in [5, 5.41) is 4.77. The first-order valence-corrected chi connectivity index (χ1v) is 8.87. The van der Waals surface area contributed by atoms with E-state index in [2.05, 4.69) is 9.97 Å². The zero-order valence-electron chi connectivity index (χ0n) is 14.1. The number of sulfonamides is 1. The molecule has 0 bridgehead atoms. The van der Waals surface area contributed by atoms with Crippen molar-refractivity contribution in [1.29, 1.82) is 0 Å². The number of hydrogen-bond acceptors (Lipinski definition) is 7. The van der Waals surface area contributed by atoms with Gasteiger partial charge in [-0.1, -0.05) is 0 Å². The van der Waals surface area contributed by atoms with Gasteiger partial charge in [0, 0.05) is 14.1 Å². The topological polar surface area (TPSA) is 141 Å². The van der Waals surface area contributed by atoms with Gasteiger partial charge in [-0.15, -0.1) is 0 Å². The van der Waals surface area contributed by atoms with E-state index in [0.717, 1.165) is 0 Å². The summed E-state index contributed by atoms with van der Waals surface area (Å²) in [4.78, 5) is 34.3. The number of furan rings is 1. The number of fused-ring (bicyclic) bond motifs is 1. The number of hydrogen-bond donors (Lipinski definition) is 1. The molecule has 0 fully saturated rings. The van der Waals surface area contributed by atoms with Gasteiger partial charge in [0.25, 0.3) is 21.5 Å². The van der Waals surface area contributed by atoms with Gasteiger partial charge in [-0.3, -0.25) is 9.59 Å². The molecule has 0 aliphatic heterocycles. The molecule has 3 aromatic heterocycles. The Morgan fingerprint density at radius 3 is 2.58 bits per heavy atom. The number of amides is 1. The molecule has 0 aromatic carbocycles. The normalized spacial score (nSPS) is 11.7. The van der Waals surface area contributed by atoms with Crippen LogP contribution in [0.2, 0.25) is 0 Å². The Morgan fingerprint density at radius 1 is 1.31 bits per heavy atom. The number of nitrogens with zero attached hydrogens (tertiary/aromatic N) is 4. The maximum absolute atomic E-state index is 12.9. The lowest BCUT2D eigenvalue weighted by molar-refractivity contribution is 0.0992. The van der Waals surface area contributed by atoms with Crippen molar-refractivity contribution in [2.75, 3.05) is 11.9 Å². The number of pyridine rings is 1. The van der Waals surface area contributed by atoms with E-state index < -0.39 is 21.5 Å². The third kappa shape index (κ3) is 2.86. The van der Waals surface area contributed by atoms with Gasteiger partial charge in [0.15, 0.2) is 5.03 Å². The van der Waals surface area contributed by atoms with Crippen molar-refractivity contribution in [3.05, 3.63) is 46.3 Å². The summed E-state index contributed by atoms with van der Waals surface area (Å²) < 4.78 is 29.2. The van der Waals surface area contributed by atoms with Crippen LogP contribution in [0.25, 0.3) is 11.1 Å². The van der Waals surface area contributed by atoms with E-state index in [1.165, 1.54) is 48.2 Å². The number of rotatable bonds is 3. The summed E-state index contributed by atoms with van der Waals surface area (Å²) in [5.74, 6) is -0.265. The maximum Gasteiger partial charge on any atom is 0.265 e. The van der Waals surface area contributed by atoms with Crippen molar-refractivity contribution in [2.24, 2.45) is 12.2 Å². The van der Waals surface area contributed by atoms with Gasteiger partial charge in [0.05, 0.1) is 17.4 Å². The van der Waals surface area contributed by atoms with Crippen LogP contribution in [0.3, 0.4) is 0 Å². The van der Waals surface area contributed by atoms with Crippen molar-refractivity contribution in [1.82, 2.24) is 14.5 Å². The van der Waals surface area contributed by atoms with Crippen molar-refractivity contribution >= 4 is 32.7 Å². The van der Waals surface area contributed by atoms with Crippen LogP contribution in [0.4, 0.5) is 5.69 Å². The maximum atomic E-state index is 12.9. The molecule has 1 amide bonds. The lowest BCUT2D eigenvalue weighted by Crippen LogP contribution is -2.28. The number of anilines is 1. The van der Waals surface area contributed by atoms with Crippen molar-refractivity contribution < 1.29 is 17.6 Å². The predicted molar refractivity (Wildman–Crippen MR) is 92.3 cm³/mol. The number of primary sulfonamides is 1. The third-order valence-electron chi connectivity index (χ3n) is 3.87. The molecule has 0 unspecified atom stereocenters. The second kappa shape index (κ2) is 6.04. The lowest BCUT2D eigenvalue weighted by Gasteiger charge is -2.16. The van der Waals surface area contributed by atoms with Gasteiger partial charge >= 0.3 is 0 Å². The van der Waals surface area contributed by atoms with Gasteiger partial charge in [0.2, 0.25) is 5.71 Å². The van der Waals surface area contributed by atoms with Crippen molar-refractivity contribution in [2.45, 2.75) is 11.9 Å². The molecule has 0 spiro atoms. The zero-order valence-corrected chi connectivity index (χ0v) is 14.9. The second-order valence-corrected chi connectivity index (χ2v) is 7.15. The van der Waals surface area contributed by atoms with Crippen molar-refractivity contribution in [3.8, 4) is 0 Å². The first-order chi connectivity index (χ1) is 12.1. The molecule has 3 aromatic rings. The van der Waals surface area contributed by atoms with Crippen LogP contribution < -0.4 is 15.6 Å². The van der Waals surface area contributed by atoms with Gasteiger partial charge in [-0.05, 0) is 19.1 Å². The highest BCUT2D eigenvalue weighted by Crippen LogP contribution is 2.24. The first kappa shape index (κ1) is 17.8. The molecule has 3 heterocycles. The van der Waals surface area contributed by atoms with E-state index >= 15 is 0 Å². The second-order valence-electron chi connectivity index (χ2n) is 5.64. The summed E-state index contributed by atoms with van der Waals surface area (Å²) in [6.07, 6.45) is 2.51. The van der Waals surface area contributed by atoms with Crippen LogP contribution in [0, 0.1) is 6.92 Å². The number of aromatic nitrogens is 3. The molecular formula is C15H15N5O5S. The molecule has 11 heteroatoms. The van der Waals surface area contributed by atoms with Crippen LogP contribution in [0.15, 0.2) is 38.9 Å². The largest absolute Gasteiger partial charge is 0.442 e. The average molecular weight is 377 g/mol. The molecular weight excluding hydrogens is 362 g/mol. The summed E-state index contributed by atoms with van der Waals surface area (Å²) in [7, 11) is -0.950. The smallest absolute Gasteiger partial charge is 0.265 e. The minimum atomic E-state index is -3.94. The Hall–Kier alpha value is -3.05. The van der Waals surface area contributed by atoms with E-state index in [4.69, 9.17) is 9.56 Å². The lowest BCUT2D eigenvalue weighted by atomic mass is 10.1. The molecule has 0 saturated carbocycles.